The molecule has 1 aromatic rings. The van der Waals surface area contributed by atoms with E-state index in [2.05, 4.69) is 0 Å². The van der Waals surface area contributed by atoms with Crippen molar-refractivity contribution in [1.29, 1.82) is 0 Å². The van der Waals surface area contributed by atoms with E-state index in [1.54, 1.807) is 0 Å². The molecule has 2 rings (SSSR count). The molecule has 0 aromatic heterocycles. The van der Waals surface area contributed by atoms with Gasteiger partial charge >= 0.3 is 0 Å². The lowest BCUT2D eigenvalue weighted by molar-refractivity contribution is -0.133. The van der Waals surface area contributed by atoms with Crippen molar-refractivity contribution in [3.8, 4) is 5.75 Å². The summed E-state index contributed by atoms with van der Waals surface area (Å²) in [6, 6.07) is 8.13. The predicted octanol–water partition coefficient (Wildman–Crippen LogP) is 2.74. The molecule has 0 spiro atoms. The lowest BCUT2D eigenvalue weighted by Gasteiger charge is -2.34. The third kappa shape index (κ3) is 4.73. The monoisotopic (exact) mass is 304 g/mol. The highest BCUT2D eigenvalue weighted by atomic mass is 16.5. The number of hydrogen-bond acceptors (Lipinski definition) is 3. The fourth-order valence-corrected chi connectivity index (χ4v) is 2.95. The van der Waals surface area contributed by atoms with Gasteiger partial charge in [-0.2, -0.15) is 0 Å². The molecule has 0 radical (unpaired) electrons. The minimum Gasteiger partial charge on any atom is -0.493 e. The molecule has 2 unspecified atom stereocenters. The molecule has 2 N–H and O–H groups in total. The fourth-order valence-electron chi connectivity index (χ4n) is 2.95. The van der Waals surface area contributed by atoms with Crippen LogP contribution in [0.15, 0.2) is 24.3 Å². The molecule has 1 aromatic carbocycles. The predicted molar refractivity (Wildman–Crippen MR) is 88.9 cm³/mol. The maximum absolute atomic E-state index is 12.3. The smallest absolute Gasteiger partial charge is 0.222 e. The van der Waals surface area contributed by atoms with Gasteiger partial charge in [0.15, 0.2) is 0 Å². The SMILES string of the molecule is Cc1ccccc1OCCCC(=O)N1CCCC(C(C)N)C1. The molecule has 1 amide bonds. The minimum atomic E-state index is 0.167. The summed E-state index contributed by atoms with van der Waals surface area (Å²) >= 11 is 0. The molecule has 1 aliphatic rings. The Morgan fingerprint density at radius 3 is 2.95 bits per heavy atom. The summed E-state index contributed by atoms with van der Waals surface area (Å²) in [6.45, 7) is 6.34. The van der Waals surface area contributed by atoms with Crippen LogP contribution in [0.25, 0.3) is 0 Å². The molecule has 4 nitrogen and oxygen atoms in total. The van der Waals surface area contributed by atoms with E-state index in [-0.39, 0.29) is 11.9 Å². The Balaban J connectivity index is 1.70. The lowest BCUT2D eigenvalue weighted by Crippen LogP contribution is -2.45. The molecule has 122 valence electrons. The standard InChI is InChI=1S/C18H28N2O2/c1-14-7-3-4-9-17(14)22-12-6-10-18(21)20-11-5-8-16(13-20)15(2)19/h3-4,7,9,15-16H,5-6,8,10-13,19H2,1-2H3. The molecule has 0 saturated carbocycles. The summed E-state index contributed by atoms with van der Waals surface area (Å²) in [7, 11) is 0. The average Bonchev–Trinajstić information content (AvgIpc) is 2.53. The number of likely N-dealkylation sites (tertiary alicyclic amines) is 1. The molecular formula is C18H28N2O2. The molecule has 0 bridgehead atoms. The second-order valence-electron chi connectivity index (χ2n) is 6.32. The Hall–Kier alpha value is -1.55. The van der Waals surface area contributed by atoms with Gasteiger partial charge < -0.3 is 15.4 Å². The first-order valence-corrected chi connectivity index (χ1v) is 8.29. The first-order chi connectivity index (χ1) is 10.6. The second-order valence-corrected chi connectivity index (χ2v) is 6.32. The summed E-state index contributed by atoms with van der Waals surface area (Å²) in [5, 5.41) is 0. The van der Waals surface area contributed by atoms with E-state index in [4.69, 9.17) is 10.5 Å². The average molecular weight is 304 g/mol. The molecule has 4 heteroatoms. The zero-order valence-electron chi connectivity index (χ0n) is 13.8. The van der Waals surface area contributed by atoms with Crippen molar-refractivity contribution in [2.75, 3.05) is 19.7 Å². The van der Waals surface area contributed by atoms with Crippen molar-refractivity contribution in [3.63, 3.8) is 0 Å². The van der Waals surface area contributed by atoms with Crippen molar-refractivity contribution in [1.82, 2.24) is 4.90 Å². The van der Waals surface area contributed by atoms with Gasteiger partial charge in [-0.15, -0.1) is 0 Å². The van der Waals surface area contributed by atoms with Crippen molar-refractivity contribution in [2.45, 2.75) is 45.6 Å². The van der Waals surface area contributed by atoms with E-state index >= 15 is 0 Å². The summed E-state index contributed by atoms with van der Waals surface area (Å²) in [5.74, 6) is 1.59. The fraction of sp³-hybridized carbons (Fsp3) is 0.611. The molecule has 1 saturated heterocycles. The molecule has 22 heavy (non-hydrogen) atoms. The number of amides is 1. The highest BCUT2D eigenvalue weighted by Gasteiger charge is 2.25. The Morgan fingerprint density at radius 1 is 1.45 bits per heavy atom. The van der Waals surface area contributed by atoms with Crippen LogP contribution in [0.3, 0.4) is 0 Å². The number of carbonyl (C=O) groups is 1. The van der Waals surface area contributed by atoms with Gasteiger partial charge in [-0.25, -0.2) is 0 Å². The molecule has 2 atom stereocenters. The minimum absolute atomic E-state index is 0.167. The van der Waals surface area contributed by atoms with E-state index in [1.165, 1.54) is 0 Å². The van der Waals surface area contributed by atoms with Crippen LogP contribution in [0.5, 0.6) is 5.75 Å². The van der Waals surface area contributed by atoms with E-state index in [1.807, 2.05) is 43.0 Å². The third-order valence-corrected chi connectivity index (χ3v) is 4.44. The Labute approximate surface area is 133 Å². The number of benzene rings is 1. The largest absolute Gasteiger partial charge is 0.493 e. The number of aryl methyl sites for hydroxylation is 1. The molecular weight excluding hydrogens is 276 g/mol. The van der Waals surface area contributed by atoms with Gasteiger partial charge in [0.1, 0.15) is 5.75 Å². The van der Waals surface area contributed by atoms with Crippen molar-refractivity contribution < 1.29 is 9.53 Å². The molecule has 1 fully saturated rings. The highest BCUT2D eigenvalue weighted by molar-refractivity contribution is 5.76. The quantitative estimate of drug-likeness (QED) is 0.822. The van der Waals surface area contributed by atoms with Crippen LogP contribution in [0, 0.1) is 12.8 Å². The maximum Gasteiger partial charge on any atom is 0.222 e. The maximum atomic E-state index is 12.3. The molecule has 1 aliphatic heterocycles. The summed E-state index contributed by atoms with van der Waals surface area (Å²) in [4.78, 5) is 14.3. The van der Waals surface area contributed by atoms with E-state index in [0.29, 0.717) is 18.9 Å². The first kappa shape index (κ1) is 16.8. The van der Waals surface area contributed by atoms with Crippen LogP contribution in [-0.4, -0.2) is 36.5 Å². The number of piperidine rings is 1. The van der Waals surface area contributed by atoms with E-state index in [9.17, 15) is 4.79 Å². The Bertz CT molecular complexity index is 488. The summed E-state index contributed by atoms with van der Waals surface area (Å²) in [5.41, 5.74) is 7.10. The van der Waals surface area contributed by atoms with Crippen LogP contribution >= 0.6 is 0 Å². The number of rotatable bonds is 6. The van der Waals surface area contributed by atoms with Crippen molar-refractivity contribution in [3.05, 3.63) is 29.8 Å². The van der Waals surface area contributed by atoms with Gasteiger partial charge in [0.05, 0.1) is 6.61 Å². The van der Waals surface area contributed by atoms with Gasteiger partial charge in [0.2, 0.25) is 5.91 Å². The number of ether oxygens (including phenoxy) is 1. The number of nitrogens with two attached hydrogens (primary N) is 1. The molecule has 1 heterocycles. The normalized spacial score (nSPS) is 19.8. The van der Waals surface area contributed by atoms with Crippen molar-refractivity contribution >= 4 is 5.91 Å². The van der Waals surface area contributed by atoms with E-state index < -0.39 is 0 Å². The topological polar surface area (TPSA) is 55.6 Å². The van der Waals surface area contributed by atoms with Crippen LogP contribution in [0.2, 0.25) is 0 Å². The lowest BCUT2D eigenvalue weighted by atomic mass is 9.92. The van der Waals surface area contributed by atoms with Gasteiger partial charge in [-0.1, -0.05) is 18.2 Å². The first-order valence-electron chi connectivity index (χ1n) is 8.29. The van der Waals surface area contributed by atoms with Crippen molar-refractivity contribution in [2.24, 2.45) is 11.7 Å². The van der Waals surface area contributed by atoms with Crippen LogP contribution in [-0.2, 0) is 4.79 Å². The van der Waals surface area contributed by atoms with E-state index in [0.717, 1.165) is 43.7 Å². The number of hydrogen-bond donors (Lipinski definition) is 1. The number of para-hydroxylation sites is 1. The third-order valence-electron chi connectivity index (χ3n) is 4.44. The van der Waals surface area contributed by atoms with Gasteiger partial charge in [0, 0.05) is 25.6 Å². The molecule has 0 aliphatic carbocycles. The summed E-state index contributed by atoms with van der Waals surface area (Å²) in [6.07, 6.45) is 3.51. The Morgan fingerprint density at radius 2 is 2.23 bits per heavy atom. The summed E-state index contributed by atoms with van der Waals surface area (Å²) < 4.78 is 5.74. The number of carbonyl (C=O) groups excluding carboxylic acids is 1. The second kappa shape index (κ2) is 8.18. The van der Waals surface area contributed by atoms with Gasteiger partial charge in [-0.3, -0.25) is 4.79 Å². The highest BCUT2D eigenvalue weighted by Crippen LogP contribution is 2.20. The van der Waals surface area contributed by atoms with Crippen LogP contribution < -0.4 is 10.5 Å². The van der Waals surface area contributed by atoms with Gasteiger partial charge in [-0.05, 0) is 50.7 Å². The number of nitrogens with zero attached hydrogens (tertiary/aromatic N) is 1. The zero-order chi connectivity index (χ0) is 15.9. The van der Waals surface area contributed by atoms with Crippen LogP contribution in [0.4, 0.5) is 0 Å². The zero-order valence-corrected chi connectivity index (χ0v) is 13.8. The Kier molecular flexibility index (Phi) is 6.25. The van der Waals surface area contributed by atoms with Gasteiger partial charge in [0.25, 0.3) is 0 Å². The van der Waals surface area contributed by atoms with Crippen LogP contribution in [0.1, 0.15) is 38.2 Å².